The SMILES string of the molecule is Cc1[nH]nc(C(=O)N2CCCC3(CCc4cnc(N(C)C)nc43)C2)c1Cl. The molecule has 138 valence electrons. The van der Waals surface area contributed by atoms with Crippen LogP contribution in [0.5, 0.6) is 0 Å². The number of likely N-dealkylation sites (tertiary alicyclic amines) is 1. The Hall–Kier alpha value is -2.15. The van der Waals surface area contributed by atoms with E-state index in [1.165, 1.54) is 5.56 Å². The molecule has 8 heteroatoms. The molecule has 1 fully saturated rings. The van der Waals surface area contributed by atoms with Crippen molar-refractivity contribution in [1.29, 1.82) is 0 Å². The van der Waals surface area contributed by atoms with Gasteiger partial charge < -0.3 is 9.80 Å². The van der Waals surface area contributed by atoms with Gasteiger partial charge in [-0.3, -0.25) is 9.89 Å². The summed E-state index contributed by atoms with van der Waals surface area (Å²) in [4.78, 5) is 26.1. The Kier molecular flexibility index (Phi) is 4.14. The number of nitrogens with zero attached hydrogens (tertiary/aromatic N) is 5. The molecule has 1 saturated heterocycles. The van der Waals surface area contributed by atoms with E-state index in [-0.39, 0.29) is 11.3 Å². The quantitative estimate of drug-likeness (QED) is 0.873. The monoisotopic (exact) mass is 374 g/mol. The molecule has 4 rings (SSSR count). The van der Waals surface area contributed by atoms with Crippen LogP contribution in [0, 0.1) is 6.92 Å². The third kappa shape index (κ3) is 2.65. The largest absolute Gasteiger partial charge is 0.347 e. The fraction of sp³-hybridized carbons (Fsp3) is 0.556. The normalized spacial score (nSPS) is 21.9. The Morgan fingerprint density at radius 2 is 2.19 bits per heavy atom. The number of halogens is 1. The van der Waals surface area contributed by atoms with Gasteiger partial charge in [-0.1, -0.05) is 11.6 Å². The van der Waals surface area contributed by atoms with Crippen molar-refractivity contribution >= 4 is 23.5 Å². The summed E-state index contributed by atoms with van der Waals surface area (Å²) in [6, 6.07) is 0. The molecule has 0 bridgehead atoms. The molecule has 2 aromatic rings. The Labute approximate surface area is 157 Å². The number of fused-ring (bicyclic) bond motifs is 2. The average Bonchev–Trinajstić information content (AvgIpc) is 3.15. The molecule has 0 radical (unpaired) electrons. The molecule has 1 aliphatic heterocycles. The predicted octanol–water partition coefficient (Wildman–Crippen LogP) is 2.35. The van der Waals surface area contributed by atoms with Gasteiger partial charge >= 0.3 is 0 Å². The second-order valence-corrected chi connectivity index (χ2v) is 7.94. The molecule has 7 nitrogen and oxygen atoms in total. The third-order valence-electron chi connectivity index (χ3n) is 5.57. The Bertz CT molecular complexity index is 859. The maximum Gasteiger partial charge on any atom is 0.275 e. The molecule has 1 atom stereocenters. The summed E-state index contributed by atoms with van der Waals surface area (Å²) in [5.41, 5.74) is 3.26. The Morgan fingerprint density at radius 1 is 1.38 bits per heavy atom. The van der Waals surface area contributed by atoms with E-state index >= 15 is 0 Å². The number of aromatic amines is 1. The van der Waals surface area contributed by atoms with Crippen molar-refractivity contribution in [3.05, 3.63) is 33.9 Å². The fourth-order valence-electron chi connectivity index (χ4n) is 4.16. The molecule has 2 aromatic heterocycles. The smallest absolute Gasteiger partial charge is 0.275 e. The van der Waals surface area contributed by atoms with E-state index in [0.29, 0.717) is 17.3 Å². The van der Waals surface area contributed by atoms with Crippen molar-refractivity contribution < 1.29 is 4.79 Å². The summed E-state index contributed by atoms with van der Waals surface area (Å²) < 4.78 is 0. The van der Waals surface area contributed by atoms with Crippen LogP contribution in [0.3, 0.4) is 0 Å². The lowest BCUT2D eigenvalue weighted by Crippen LogP contribution is -2.48. The topological polar surface area (TPSA) is 78.0 Å². The lowest BCUT2D eigenvalue weighted by atomic mass is 9.77. The summed E-state index contributed by atoms with van der Waals surface area (Å²) in [6.07, 6.45) is 5.91. The number of carbonyl (C=O) groups is 1. The number of hydrogen-bond donors (Lipinski definition) is 1. The molecule has 3 heterocycles. The number of hydrogen-bond acceptors (Lipinski definition) is 5. The number of piperidine rings is 1. The van der Waals surface area contributed by atoms with Crippen molar-refractivity contribution in [2.24, 2.45) is 0 Å². The highest BCUT2D eigenvalue weighted by Gasteiger charge is 2.45. The minimum absolute atomic E-state index is 0.0885. The zero-order chi connectivity index (χ0) is 18.5. The maximum atomic E-state index is 13.0. The lowest BCUT2D eigenvalue weighted by molar-refractivity contribution is 0.0627. The molecular formula is C18H23ClN6O. The highest BCUT2D eigenvalue weighted by molar-refractivity contribution is 6.34. The van der Waals surface area contributed by atoms with Crippen molar-refractivity contribution in [1.82, 2.24) is 25.1 Å². The third-order valence-corrected chi connectivity index (χ3v) is 6.03. The van der Waals surface area contributed by atoms with E-state index in [1.54, 1.807) is 0 Å². The molecule has 2 aliphatic rings. The summed E-state index contributed by atoms with van der Waals surface area (Å²) in [5, 5.41) is 7.32. The van der Waals surface area contributed by atoms with Crippen molar-refractivity contribution in [2.45, 2.75) is 38.0 Å². The second kappa shape index (κ2) is 6.23. The highest BCUT2D eigenvalue weighted by Crippen LogP contribution is 2.44. The molecular weight excluding hydrogens is 352 g/mol. The number of rotatable bonds is 2. The van der Waals surface area contributed by atoms with Crippen LogP contribution < -0.4 is 4.90 Å². The number of anilines is 1. The van der Waals surface area contributed by atoms with Crippen LogP contribution in [0.4, 0.5) is 5.95 Å². The number of carbonyl (C=O) groups excluding carboxylic acids is 1. The van der Waals surface area contributed by atoms with Gasteiger partial charge in [0.15, 0.2) is 5.69 Å². The first kappa shape index (κ1) is 17.3. The van der Waals surface area contributed by atoms with E-state index in [0.717, 1.165) is 49.6 Å². The maximum absolute atomic E-state index is 13.0. The Balaban J connectivity index is 1.65. The number of aromatic nitrogens is 4. The van der Waals surface area contributed by atoms with Crippen LogP contribution in [0.2, 0.25) is 5.02 Å². The highest BCUT2D eigenvalue weighted by atomic mass is 35.5. The average molecular weight is 375 g/mol. The zero-order valence-corrected chi connectivity index (χ0v) is 16.1. The summed E-state index contributed by atoms with van der Waals surface area (Å²) in [7, 11) is 3.89. The van der Waals surface area contributed by atoms with E-state index in [9.17, 15) is 4.79 Å². The molecule has 1 N–H and O–H groups in total. The molecule has 0 aromatic carbocycles. The van der Waals surface area contributed by atoms with E-state index in [4.69, 9.17) is 16.6 Å². The van der Waals surface area contributed by atoms with Crippen LogP contribution >= 0.6 is 11.6 Å². The van der Waals surface area contributed by atoms with E-state index in [2.05, 4.69) is 15.2 Å². The minimum atomic E-state index is -0.103. The van der Waals surface area contributed by atoms with Crippen LogP contribution in [0.1, 0.15) is 46.7 Å². The first-order valence-electron chi connectivity index (χ1n) is 8.95. The van der Waals surface area contributed by atoms with E-state index < -0.39 is 0 Å². The Morgan fingerprint density at radius 3 is 2.88 bits per heavy atom. The predicted molar refractivity (Wildman–Crippen MR) is 99.8 cm³/mol. The molecule has 26 heavy (non-hydrogen) atoms. The first-order chi connectivity index (χ1) is 12.4. The molecule has 0 saturated carbocycles. The van der Waals surface area contributed by atoms with Gasteiger partial charge in [0, 0.05) is 38.8 Å². The van der Waals surface area contributed by atoms with Crippen LogP contribution in [0.15, 0.2) is 6.20 Å². The van der Waals surface area contributed by atoms with Gasteiger partial charge in [0.2, 0.25) is 5.95 Å². The van der Waals surface area contributed by atoms with Gasteiger partial charge in [-0.25, -0.2) is 9.97 Å². The summed E-state index contributed by atoms with van der Waals surface area (Å²) in [5.74, 6) is 0.619. The second-order valence-electron chi connectivity index (χ2n) is 7.56. The first-order valence-corrected chi connectivity index (χ1v) is 9.32. The standard InChI is InChI=1S/C18H23ClN6O/c1-11-13(19)14(23-22-11)16(26)25-8-4-6-18(10-25)7-5-12-9-20-17(24(2)3)21-15(12)18/h9H,4-8,10H2,1-3H3,(H,22,23). The van der Waals surface area contributed by atoms with Crippen molar-refractivity contribution in [3.63, 3.8) is 0 Å². The number of aryl methyl sites for hydroxylation is 2. The van der Waals surface area contributed by atoms with Gasteiger partial charge in [0.1, 0.15) is 0 Å². The lowest BCUT2D eigenvalue weighted by Gasteiger charge is -2.40. The number of H-pyrrole nitrogens is 1. The van der Waals surface area contributed by atoms with Gasteiger partial charge in [0.05, 0.1) is 16.4 Å². The van der Waals surface area contributed by atoms with Crippen molar-refractivity contribution in [2.75, 3.05) is 32.1 Å². The van der Waals surface area contributed by atoms with Gasteiger partial charge in [0.25, 0.3) is 5.91 Å². The number of amides is 1. The van der Waals surface area contributed by atoms with Crippen LogP contribution in [-0.2, 0) is 11.8 Å². The van der Waals surface area contributed by atoms with Crippen LogP contribution in [0.25, 0.3) is 0 Å². The van der Waals surface area contributed by atoms with Gasteiger partial charge in [-0.05, 0) is 38.2 Å². The summed E-state index contributed by atoms with van der Waals surface area (Å²) in [6.45, 7) is 3.20. The zero-order valence-electron chi connectivity index (χ0n) is 15.3. The molecule has 1 unspecified atom stereocenters. The van der Waals surface area contributed by atoms with Gasteiger partial charge in [-0.2, -0.15) is 5.10 Å². The molecule has 1 amide bonds. The molecule has 1 aliphatic carbocycles. The fourth-order valence-corrected chi connectivity index (χ4v) is 4.32. The van der Waals surface area contributed by atoms with Crippen molar-refractivity contribution in [3.8, 4) is 0 Å². The van der Waals surface area contributed by atoms with Crippen LogP contribution in [-0.4, -0.2) is 58.2 Å². The molecule has 1 spiro atoms. The van der Waals surface area contributed by atoms with Gasteiger partial charge in [-0.15, -0.1) is 0 Å². The minimum Gasteiger partial charge on any atom is -0.347 e. The number of nitrogens with one attached hydrogen (secondary N) is 1. The van der Waals surface area contributed by atoms with E-state index in [1.807, 2.05) is 37.0 Å². The summed E-state index contributed by atoms with van der Waals surface area (Å²) >= 11 is 6.24.